The molecule has 1 nitrogen and oxygen atoms in total. The molecule has 0 saturated heterocycles. The van der Waals surface area contributed by atoms with Gasteiger partial charge in [0.25, 0.3) is 0 Å². The van der Waals surface area contributed by atoms with Gasteiger partial charge in [0, 0.05) is 10.4 Å². The van der Waals surface area contributed by atoms with Gasteiger partial charge in [-0.15, -0.1) is 0 Å². The average molecular weight is 311 g/mol. The second-order valence-electron chi connectivity index (χ2n) is 2.69. The number of nitrogens with zero attached hydrogens (tertiary/aromatic N) is 1. The monoisotopic (exact) mass is 309 g/mol. The van der Waals surface area contributed by atoms with E-state index in [9.17, 15) is 0 Å². The van der Waals surface area contributed by atoms with E-state index in [0.717, 1.165) is 10.9 Å². The van der Waals surface area contributed by atoms with Crippen molar-refractivity contribution in [3.05, 3.63) is 37.9 Å². The van der Waals surface area contributed by atoms with E-state index in [-0.39, 0.29) is 0 Å². The molecule has 0 saturated carbocycles. The first-order valence-electron chi connectivity index (χ1n) is 3.69. The van der Waals surface area contributed by atoms with Crippen LogP contribution < -0.4 is 0 Å². The quantitative estimate of drug-likeness (QED) is 0.627. The molecule has 5 heteroatoms. The minimum absolute atomic E-state index is 0.418. The van der Waals surface area contributed by atoms with E-state index >= 15 is 0 Å². The molecule has 1 aromatic heterocycles. The topological polar surface area (TPSA) is 12.9 Å². The smallest absolute Gasteiger partial charge is 0.126 e. The first-order chi connectivity index (χ1) is 6.59. The van der Waals surface area contributed by atoms with Crippen molar-refractivity contribution in [2.75, 3.05) is 0 Å². The standard InChI is InChI=1S/C9H3BrCl3N/c10-9-8(13)7(12)5-2-1-4(11)3-6(5)14-9/h1-3H. The summed E-state index contributed by atoms with van der Waals surface area (Å²) in [5.74, 6) is 0. The number of fused-ring (bicyclic) bond motifs is 1. The van der Waals surface area contributed by atoms with E-state index in [1.54, 1.807) is 18.2 Å². The van der Waals surface area contributed by atoms with Crippen LogP contribution in [0, 0.1) is 0 Å². The summed E-state index contributed by atoms with van der Waals surface area (Å²) in [6.07, 6.45) is 0. The average Bonchev–Trinajstić information content (AvgIpc) is 2.14. The van der Waals surface area contributed by atoms with Gasteiger partial charge >= 0.3 is 0 Å². The van der Waals surface area contributed by atoms with Gasteiger partial charge in [0.2, 0.25) is 0 Å². The SMILES string of the molecule is Clc1ccc2c(Cl)c(Cl)c(Br)nc2c1. The van der Waals surface area contributed by atoms with Crippen LogP contribution in [0.1, 0.15) is 0 Å². The lowest BCUT2D eigenvalue weighted by Gasteiger charge is -2.04. The van der Waals surface area contributed by atoms with Gasteiger partial charge in [-0.1, -0.05) is 34.8 Å². The first kappa shape index (κ1) is 10.5. The highest BCUT2D eigenvalue weighted by Crippen LogP contribution is 2.35. The molecule has 0 spiro atoms. The fourth-order valence-corrected chi connectivity index (χ4v) is 2.21. The first-order valence-corrected chi connectivity index (χ1v) is 5.62. The van der Waals surface area contributed by atoms with Crippen LogP contribution in [0.5, 0.6) is 0 Å². The number of halogens is 4. The Bertz CT molecular complexity index is 513. The molecule has 1 aromatic carbocycles. The van der Waals surface area contributed by atoms with E-state index in [0.29, 0.717) is 19.7 Å². The summed E-state index contributed by atoms with van der Waals surface area (Å²) in [7, 11) is 0. The van der Waals surface area contributed by atoms with Gasteiger partial charge in [-0.25, -0.2) is 4.98 Å². The van der Waals surface area contributed by atoms with E-state index in [4.69, 9.17) is 34.8 Å². The van der Waals surface area contributed by atoms with Crippen molar-refractivity contribution in [2.24, 2.45) is 0 Å². The molecule has 0 bridgehead atoms. The maximum atomic E-state index is 6.04. The molecule has 2 rings (SSSR count). The summed E-state index contributed by atoms with van der Waals surface area (Å²) in [5, 5.41) is 2.32. The molecule has 0 N–H and O–H groups in total. The predicted octanol–water partition coefficient (Wildman–Crippen LogP) is 4.96. The minimum Gasteiger partial charge on any atom is -0.239 e. The Balaban J connectivity index is 2.91. The van der Waals surface area contributed by atoms with Crippen LogP contribution in [0.25, 0.3) is 10.9 Å². The molecule has 1 heterocycles. The summed E-state index contributed by atoms with van der Waals surface area (Å²) < 4.78 is 0.527. The van der Waals surface area contributed by atoms with Gasteiger partial charge < -0.3 is 0 Å². The third-order valence-electron chi connectivity index (χ3n) is 1.79. The Morgan fingerprint density at radius 3 is 2.50 bits per heavy atom. The third-order valence-corrected chi connectivity index (χ3v) is 3.68. The number of hydrogen-bond acceptors (Lipinski definition) is 1. The summed E-state index contributed by atoms with van der Waals surface area (Å²) in [5.41, 5.74) is 0.721. The van der Waals surface area contributed by atoms with E-state index < -0.39 is 0 Å². The minimum atomic E-state index is 0.418. The van der Waals surface area contributed by atoms with E-state index in [2.05, 4.69) is 20.9 Å². The molecule has 0 aliphatic heterocycles. The maximum absolute atomic E-state index is 6.04. The molecule has 0 fully saturated rings. The molecule has 2 aromatic rings. The van der Waals surface area contributed by atoms with Gasteiger partial charge in [-0.2, -0.15) is 0 Å². The lowest BCUT2D eigenvalue weighted by atomic mass is 10.2. The predicted molar refractivity (Wildman–Crippen MR) is 64.5 cm³/mol. The number of aromatic nitrogens is 1. The summed E-state index contributed by atoms with van der Waals surface area (Å²) >= 11 is 21.0. The van der Waals surface area contributed by atoms with Crippen LogP contribution in [0.2, 0.25) is 15.1 Å². The normalized spacial score (nSPS) is 10.9. The van der Waals surface area contributed by atoms with Crippen molar-refractivity contribution in [3.8, 4) is 0 Å². The fourth-order valence-electron chi connectivity index (χ4n) is 1.15. The van der Waals surface area contributed by atoms with Crippen LogP contribution in [0.15, 0.2) is 22.8 Å². The molecule has 0 aliphatic rings. The Labute approximate surface area is 104 Å². The zero-order valence-corrected chi connectivity index (χ0v) is 10.5. The van der Waals surface area contributed by atoms with Crippen LogP contribution in [-0.4, -0.2) is 4.98 Å². The molecule has 0 radical (unpaired) electrons. The van der Waals surface area contributed by atoms with Crippen molar-refractivity contribution >= 4 is 61.6 Å². The molecule has 14 heavy (non-hydrogen) atoms. The highest BCUT2D eigenvalue weighted by molar-refractivity contribution is 9.10. The highest BCUT2D eigenvalue weighted by Gasteiger charge is 2.09. The summed E-state index contributed by atoms with van der Waals surface area (Å²) in [6.45, 7) is 0. The highest BCUT2D eigenvalue weighted by atomic mass is 79.9. The Morgan fingerprint density at radius 1 is 1.07 bits per heavy atom. The third kappa shape index (κ3) is 1.72. The van der Waals surface area contributed by atoms with Crippen molar-refractivity contribution < 1.29 is 0 Å². The second-order valence-corrected chi connectivity index (χ2v) is 4.64. The van der Waals surface area contributed by atoms with Crippen molar-refractivity contribution in [3.63, 3.8) is 0 Å². The molecule has 0 amide bonds. The van der Waals surface area contributed by atoms with Crippen molar-refractivity contribution in [2.45, 2.75) is 0 Å². The largest absolute Gasteiger partial charge is 0.239 e. The van der Waals surface area contributed by atoms with Gasteiger partial charge in [0.05, 0.1) is 15.6 Å². The molecule has 0 aliphatic carbocycles. The number of rotatable bonds is 0. The molecular weight excluding hydrogens is 308 g/mol. The Hall–Kier alpha value is -0.0200. The fraction of sp³-hybridized carbons (Fsp3) is 0. The Morgan fingerprint density at radius 2 is 1.79 bits per heavy atom. The van der Waals surface area contributed by atoms with Gasteiger partial charge in [0.1, 0.15) is 4.60 Å². The molecule has 0 unspecified atom stereocenters. The zero-order valence-electron chi connectivity index (χ0n) is 6.69. The number of pyridine rings is 1. The van der Waals surface area contributed by atoms with Gasteiger partial charge in [-0.05, 0) is 34.1 Å². The molecule has 0 atom stereocenters. The number of hydrogen-bond donors (Lipinski definition) is 0. The van der Waals surface area contributed by atoms with Crippen LogP contribution in [-0.2, 0) is 0 Å². The van der Waals surface area contributed by atoms with Crippen LogP contribution >= 0.6 is 50.7 Å². The number of benzene rings is 1. The lowest BCUT2D eigenvalue weighted by Crippen LogP contribution is -1.84. The zero-order chi connectivity index (χ0) is 10.3. The molecule has 72 valence electrons. The van der Waals surface area contributed by atoms with Crippen LogP contribution in [0.3, 0.4) is 0 Å². The van der Waals surface area contributed by atoms with Crippen LogP contribution in [0.4, 0.5) is 0 Å². The summed E-state index contributed by atoms with van der Waals surface area (Å²) in [4.78, 5) is 4.21. The van der Waals surface area contributed by atoms with E-state index in [1.165, 1.54) is 0 Å². The van der Waals surface area contributed by atoms with Crippen molar-refractivity contribution in [1.29, 1.82) is 0 Å². The Kier molecular flexibility index (Phi) is 2.89. The lowest BCUT2D eigenvalue weighted by molar-refractivity contribution is 1.35. The maximum Gasteiger partial charge on any atom is 0.126 e. The second kappa shape index (κ2) is 3.86. The van der Waals surface area contributed by atoms with E-state index in [1.807, 2.05) is 0 Å². The van der Waals surface area contributed by atoms with Gasteiger partial charge in [0.15, 0.2) is 0 Å². The molecular formula is C9H3BrCl3N. The van der Waals surface area contributed by atoms with Crippen molar-refractivity contribution in [1.82, 2.24) is 4.98 Å². The van der Waals surface area contributed by atoms with Gasteiger partial charge in [-0.3, -0.25) is 0 Å². The summed E-state index contributed by atoms with van der Waals surface area (Å²) in [6, 6.07) is 5.29.